The van der Waals surface area contributed by atoms with Gasteiger partial charge in [0.2, 0.25) is 0 Å². The molecule has 18 heavy (non-hydrogen) atoms. The van der Waals surface area contributed by atoms with Crippen LogP contribution in [0.5, 0.6) is 0 Å². The molecule has 2 heteroatoms. The fraction of sp³-hybridized carbons (Fsp3) is 0.438. The number of benzene rings is 1. The number of alkyl halides is 1. The number of rotatable bonds is 7. The lowest BCUT2D eigenvalue weighted by Gasteiger charge is -2.09. The summed E-state index contributed by atoms with van der Waals surface area (Å²) in [6, 6.07) is 8.28. The van der Waals surface area contributed by atoms with Crippen molar-refractivity contribution in [1.82, 2.24) is 0 Å². The molecule has 1 fully saturated rings. The number of carbonyl (C=O) groups is 1. The molecule has 0 heterocycles. The van der Waals surface area contributed by atoms with Gasteiger partial charge in [-0.15, -0.1) is 11.6 Å². The molecular formula is C16H19ClO. The van der Waals surface area contributed by atoms with Gasteiger partial charge in [0.15, 0.2) is 0 Å². The second-order valence-electron chi connectivity index (χ2n) is 5.07. The Bertz CT molecular complexity index is 446. The summed E-state index contributed by atoms with van der Waals surface area (Å²) in [6.07, 6.45) is 4.54. The number of hydrogen-bond acceptors (Lipinski definition) is 1. The molecule has 0 N–H and O–H groups in total. The number of hydrogen-bond donors (Lipinski definition) is 0. The van der Waals surface area contributed by atoms with Gasteiger partial charge in [-0.05, 0) is 36.8 Å². The first-order chi connectivity index (χ1) is 8.70. The molecule has 0 unspecified atom stereocenters. The first-order valence-electron chi connectivity index (χ1n) is 6.53. The Labute approximate surface area is 114 Å². The van der Waals surface area contributed by atoms with Gasteiger partial charge in [0, 0.05) is 18.2 Å². The maximum absolute atomic E-state index is 11.7. The Morgan fingerprint density at radius 1 is 1.28 bits per heavy atom. The number of Topliss-reactive ketones (excluding diaryl/α,β-unsaturated/α-hetero) is 1. The summed E-state index contributed by atoms with van der Waals surface area (Å²) < 4.78 is 0. The third kappa shape index (κ3) is 3.71. The zero-order valence-corrected chi connectivity index (χ0v) is 11.4. The largest absolute Gasteiger partial charge is 0.299 e. The van der Waals surface area contributed by atoms with Crippen molar-refractivity contribution in [1.29, 1.82) is 0 Å². The molecule has 1 aromatic rings. The Morgan fingerprint density at radius 2 is 1.94 bits per heavy atom. The fourth-order valence-corrected chi connectivity index (χ4v) is 2.25. The van der Waals surface area contributed by atoms with E-state index in [1.807, 2.05) is 12.1 Å². The van der Waals surface area contributed by atoms with E-state index in [1.54, 1.807) is 0 Å². The van der Waals surface area contributed by atoms with Crippen LogP contribution >= 0.6 is 11.6 Å². The Balaban J connectivity index is 1.97. The van der Waals surface area contributed by atoms with Crippen LogP contribution < -0.4 is 0 Å². The molecule has 2 rings (SSSR count). The molecule has 0 radical (unpaired) electrons. The molecule has 1 nitrogen and oxygen atoms in total. The predicted molar refractivity (Wildman–Crippen MR) is 76.1 cm³/mol. The minimum atomic E-state index is 0.370. The molecule has 0 atom stereocenters. The van der Waals surface area contributed by atoms with E-state index < -0.39 is 0 Å². The first-order valence-corrected chi connectivity index (χ1v) is 7.06. The van der Waals surface area contributed by atoms with Gasteiger partial charge in [-0.2, -0.15) is 0 Å². The van der Waals surface area contributed by atoms with Crippen LogP contribution in [-0.4, -0.2) is 11.7 Å². The quantitative estimate of drug-likeness (QED) is 0.537. The molecule has 96 valence electrons. The van der Waals surface area contributed by atoms with Crippen LogP contribution in [0.1, 0.15) is 30.4 Å². The number of ketones is 1. The van der Waals surface area contributed by atoms with Gasteiger partial charge in [0.1, 0.15) is 5.78 Å². The average molecular weight is 263 g/mol. The Hall–Kier alpha value is -1.08. The molecule has 0 amide bonds. The highest BCUT2D eigenvalue weighted by Crippen LogP contribution is 2.31. The van der Waals surface area contributed by atoms with E-state index in [1.165, 1.54) is 11.1 Å². The maximum atomic E-state index is 11.7. The second kappa shape index (κ2) is 6.19. The third-order valence-electron chi connectivity index (χ3n) is 3.42. The first kappa shape index (κ1) is 13.4. The van der Waals surface area contributed by atoms with Gasteiger partial charge in [0.25, 0.3) is 0 Å². The minimum Gasteiger partial charge on any atom is -0.299 e. The smallest absolute Gasteiger partial charge is 0.136 e. The van der Waals surface area contributed by atoms with E-state index in [4.69, 9.17) is 11.6 Å². The van der Waals surface area contributed by atoms with Crippen LogP contribution in [0.15, 0.2) is 36.4 Å². The summed E-state index contributed by atoms with van der Waals surface area (Å²) in [5.74, 6) is 1.30. The predicted octanol–water partition coefficient (Wildman–Crippen LogP) is 3.94. The summed E-state index contributed by atoms with van der Waals surface area (Å²) >= 11 is 5.78. The van der Waals surface area contributed by atoms with Gasteiger partial charge < -0.3 is 0 Å². The van der Waals surface area contributed by atoms with Gasteiger partial charge in [-0.25, -0.2) is 0 Å². The van der Waals surface area contributed by atoms with Crippen LogP contribution in [-0.2, 0) is 17.6 Å². The van der Waals surface area contributed by atoms with Crippen molar-refractivity contribution in [3.05, 3.63) is 47.5 Å². The van der Waals surface area contributed by atoms with E-state index in [0.717, 1.165) is 31.3 Å². The monoisotopic (exact) mass is 262 g/mol. The number of allylic oxidation sites excluding steroid dienone is 1. The van der Waals surface area contributed by atoms with Gasteiger partial charge >= 0.3 is 0 Å². The van der Waals surface area contributed by atoms with E-state index >= 15 is 0 Å². The lowest BCUT2D eigenvalue weighted by molar-refractivity contribution is -0.120. The van der Waals surface area contributed by atoms with Crippen molar-refractivity contribution in [2.45, 2.75) is 32.1 Å². The molecule has 0 aliphatic heterocycles. The lowest BCUT2D eigenvalue weighted by Crippen LogP contribution is -2.04. The summed E-state index contributed by atoms with van der Waals surface area (Å²) in [5, 5.41) is 0. The summed E-state index contributed by atoms with van der Waals surface area (Å²) in [5.41, 5.74) is 3.54. The minimum absolute atomic E-state index is 0.370. The Kier molecular flexibility index (Phi) is 4.60. The molecule has 0 aromatic heterocycles. The van der Waals surface area contributed by atoms with Crippen molar-refractivity contribution >= 4 is 17.4 Å². The molecular weight excluding hydrogens is 244 g/mol. The molecule has 1 aliphatic rings. The van der Waals surface area contributed by atoms with Gasteiger partial charge in [-0.1, -0.05) is 36.4 Å². The normalized spacial score (nSPS) is 14.5. The van der Waals surface area contributed by atoms with Crippen LogP contribution in [0.3, 0.4) is 0 Å². The fourth-order valence-electron chi connectivity index (χ4n) is 2.16. The molecule has 0 spiro atoms. The lowest BCUT2D eigenvalue weighted by atomic mass is 9.96. The van der Waals surface area contributed by atoms with Crippen LogP contribution in [0.4, 0.5) is 0 Å². The third-order valence-corrected chi connectivity index (χ3v) is 3.80. The van der Waals surface area contributed by atoms with Crippen LogP contribution in [0.2, 0.25) is 0 Å². The van der Waals surface area contributed by atoms with Gasteiger partial charge in [-0.3, -0.25) is 4.79 Å². The standard InChI is InChI=1S/C16H19ClO/c1-12(11-17)10-15-5-3-2-4-13(15)8-9-16(18)14-6-7-14/h2-5,14H,1,6-11H2. The zero-order valence-electron chi connectivity index (χ0n) is 10.6. The molecule has 0 bridgehead atoms. The Morgan fingerprint density at radius 3 is 2.56 bits per heavy atom. The van der Waals surface area contributed by atoms with E-state index in [0.29, 0.717) is 24.0 Å². The summed E-state index contributed by atoms with van der Waals surface area (Å²) in [7, 11) is 0. The SMILES string of the molecule is C=C(CCl)Cc1ccccc1CCC(=O)C1CC1. The van der Waals surface area contributed by atoms with Crippen LogP contribution in [0.25, 0.3) is 0 Å². The number of halogens is 1. The number of aryl methyl sites for hydroxylation is 1. The van der Waals surface area contributed by atoms with Gasteiger partial charge in [0.05, 0.1) is 0 Å². The van der Waals surface area contributed by atoms with E-state index in [2.05, 4.69) is 18.7 Å². The highest BCUT2D eigenvalue weighted by Gasteiger charge is 2.28. The molecule has 1 aliphatic carbocycles. The van der Waals surface area contributed by atoms with E-state index in [-0.39, 0.29) is 0 Å². The highest BCUT2D eigenvalue weighted by molar-refractivity contribution is 6.19. The van der Waals surface area contributed by atoms with Crippen molar-refractivity contribution in [2.24, 2.45) is 5.92 Å². The zero-order chi connectivity index (χ0) is 13.0. The number of carbonyl (C=O) groups excluding carboxylic acids is 1. The van der Waals surface area contributed by atoms with Crippen molar-refractivity contribution in [2.75, 3.05) is 5.88 Å². The van der Waals surface area contributed by atoms with Crippen molar-refractivity contribution < 1.29 is 4.79 Å². The maximum Gasteiger partial charge on any atom is 0.136 e. The molecule has 1 aromatic carbocycles. The van der Waals surface area contributed by atoms with Crippen molar-refractivity contribution in [3.63, 3.8) is 0 Å². The average Bonchev–Trinajstić information content (AvgIpc) is 3.21. The molecule has 1 saturated carbocycles. The highest BCUT2D eigenvalue weighted by atomic mass is 35.5. The summed E-state index contributed by atoms with van der Waals surface area (Å²) in [4.78, 5) is 11.7. The van der Waals surface area contributed by atoms with Crippen LogP contribution in [0, 0.1) is 5.92 Å². The topological polar surface area (TPSA) is 17.1 Å². The van der Waals surface area contributed by atoms with Crippen molar-refractivity contribution in [3.8, 4) is 0 Å². The summed E-state index contributed by atoms with van der Waals surface area (Å²) in [6.45, 7) is 3.94. The molecule has 0 saturated heterocycles. The van der Waals surface area contributed by atoms with E-state index in [9.17, 15) is 4.79 Å². The second-order valence-corrected chi connectivity index (χ2v) is 5.34.